The van der Waals surface area contributed by atoms with Crippen LogP contribution in [-0.2, 0) is 19.1 Å². The summed E-state index contributed by atoms with van der Waals surface area (Å²) in [5.74, 6) is -0.628. The van der Waals surface area contributed by atoms with Crippen LogP contribution in [-0.4, -0.2) is 24.6 Å². The first-order valence-corrected chi connectivity index (χ1v) is 13.1. The molecule has 0 heterocycles. The molecule has 0 spiro atoms. The maximum Gasteiger partial charge on any atom is 0.306 e. The van der Waals surface area contributed by atoms with Crippen molar-refractivity contribution in [1.82, 2.24) is 0 Å². The monoisotopic (exact) mass is 440 g/mol. The normalized spacial score (nSPS) is 12.5. The van der Waals surface area contributed by atoms with Gasteiger partial charge in [-0.05, 0) is 18.8 Å². The van der Waals surface area contributed by atoms with Gasteiger partial charge >= 0.3 is 11.9 Å². The SMILES string of the molecule is CCCCCCCCCCCCCCCCCOC(=O)CCC(=O)OC(C)C(C)(C)C. The van der Waals surface area contributed by atoms with E-state index in [0.717, 1.165) is 12.8 Å². The summed E-state index contributed by atoms with van der Waals surface area (Å²) in [5, 5.41) is 0. The first kappa shape index (κ1) is 29.9. The average Bonchev–Trinajstić information content (AvgIpc) is 2.71. The van der Waals surface area contributed by atoms with Gasteiger partial charge in [0.15, 0.2) is 0 Å². The number of unbranched alkanes of at least 4 members (excludes halogenated alkanes) is 14. The van der Waals surface area contributed by atoms with E-state index in [4.69, 9.17) is 9.47 Å². The summed E-state index contributed by atoms with van der Waals surface area (Å²) in [7, 11) is 0. The smallest absolute Gasteiger partial charge is 0.306 e. The molecule has 0 amide bonds. The van der Waals surface area contributed by atoms with Gasteiger partial charge in [-0.15, -0.1) is 0 Å². The summed E-state index contributed by atoms with van der Waals surface area (Å²) in [4.78, 5) is 23.5. The number of ether oxygens (including phenoxy) is 2. The summed E-state index contributed by atoms with van der Waals surface area (Å²) in [6.45, 7) is 10.7. The second-order valence-corrected chi connectivity index (χ2v) is 10.2. The van der Waals surface area contributed by atoms with Crippen molar-refractivity contribution in [3.8, 4) is 0 Å². The summed E-state index contributed by atoms with van der Waals surface area (Å²) >= 11 is 0. The Morgan fingerprint density at radius 2 is 1.03 bits per heavy atom. The number of rotatable bonds is 20. The quantitative estimate of drug-likeness (QED) is 0.141. The van der Waals surface area contributed by atoms with Crippen molar-refractivity contribution in [2.45, 2.75) is 150 Å². The van der Waals surface area contributed by atoms with E-state index < -0.39 is 0 Å². The fourth-order valence-corrected chi connectivity index (χ4v) is 3.37. The molecule has 0 rings (SSSR count). The first-order valence-electron chi connectivity index (χ1n) is 13.1. The average molecular weight is 441 g/mol. The molecule has 31 heavy (non-hydrogen) atoms. The van der Waals surface area contributed by atoms with E-state index in [1.807, 2.05) is 27.7 Å². The minimum absolute atomic E-state index is 0.0935. The number of hydrogen-bond acceptors (Lipinski definition) is 4. The van der Waals surface area contributed by atoms with E-state index in [9.17, 15) is 9.59 Å². The van der Waals surface area contributed by atoms with Gasteiger partial charge in [-0.2, -0.15) is 0 Å². The van der Waals surface area contributed by atoms with Gasteiger partial charge in [0.2, 0.25) is 0 Å². The number of esters is 2. The summed E-state index contributed by atoms with van der Waals surface area (Å²) in [6.07, 6.45) is 19.8. The third kappa shape index (κ3) is 20.6. The number of carbonyl (C=O) groups excluding carboxylic acids is 2. The third-order valence-electron chi connectivity index (χ3n) is 6.07. The molecular formula is C27H52O4. The van der Waals surface area contributed by atoms with Gasteiger partial charge in [0.1, 0.15) is 6.10 Å². The summed E-state index contributed by atoms with van der Waals surface area (Å²) in [5.41, 5.74) is -0.0935. The van der Waals surface area contributed by atoms with Crippen LogP contribution in [0.15, 0.2) is 0 Å². The van der Waals surface area contributed by atoms with Gasteiger partial charge in [-0.1, -0.05) is 118 Å². The molecule has 0 radical (unpaired) electrons. The lowest BCUT2D eigenvalue weighted by molar-refractivity contribution is -0.156. The molecule has 184 valence electrons. The molecule has 0 aromatic rings. The molecule has 0 fully saturated rings. The molecular weight excluding hydrogens is 388 g/mol. The van der Waals surface area contributed by atoms with Crippen molar-refractivity contribution in [1.29, 1.82) is 0 Å². The van der Waals surface area contributed by atoms with Crippen LogP contribution in [0.3, 0.4) is 0 Å². The molecule has 4 nitrogen and oxygen atoms in total. The minimum atomic E-state index is -0.327. The molecule has 0 aliphatic heterocycles. The second kappa shape index (κ2) is 19.6. The van der Waals surface area contributed by atoms with Crippen molar-refractivity contribution in [2.75, 3.05) is 6.61 Å². The van der Waals surface area contributed by atoms with Gasteiger partial charge in [-0.25, -0.2) is 0 Å². The zero-order chi connectivity index (χ0) is 23.4. The maximum absolute atomic E-state index is 11.8. The Kier molecular flexibility index (Phi) is 18.9. The van der Waals surface area contributed by atoms with Crippen molar-refractivity contribution < 1.29 is 19.1 Å². The Bertz CT molecular complexity index is 439. The molecule has 0 bridgehead atoms. The Balaban J connectivity index is 3.36. The Morgan fingerprint density at radius 1 is 0.645 bits per heavy atom. The van der Waals surface area contributed by atoms with Crippen molar-refractivity contribution >= 4 is 11.9 Å². The van der Waals surface area contributed by atoms with E-state index >= 15 is 0 Å². The van der Waals surface area contributed by atoms with E-state index in [-0.39, 0.29) is 36.3 Å². The van der Waals surface area contributed by atoms with E-state index in [0.29, 0.717) is 6.61 Å². The molecule has 4 heteroatoms. The highest BCUT2D eigenvalue weighted by Gasteiger charge is 2.23. The van der Waals surface area contributed by atoms with Crippen LogP contribution in [0.5, 0.6) is 0 Å². The number of hydrogen-bond donors (Lipinski definition) is 0. The predicted molar refractivity (Wildman–Crippen MR) is 130 cm³/mol. The highest BCUT2D eigenvalue weighted by molar-refractivity contribution is 5.77. The first-order chi connectivity index (χ1) is 14.8. The van der Waals surface area contributed by atoms with Gasteiger partial charge in [0.25, 0.3) is 0 Å². The lowest BCUT2D eigenvalue weighted by Crippen LogP contribution is -2.28. The third-order valence-corrected chi connectivity index (χ3v) is 6.07. The molecule has 0 N–H and O–H groups in total. The number of carbonyl (C=O) groups is 2. The van der Waals surface area contributed by atoms with Crippen LogP contribution < -0.4 is 0 Å². The topological polar surface area (TPSA) is 52.6 Å². The molecule has 0 aliphatic carbocycles. The molecule has 1 atom stereocenters. The van der Waals surface area contributed by atoms with Crippen LogP contribution >= 0.6 is 0 Å². The van der Waals surface area contributed by atoms with E-state index in [2.05, 4.69) is 6.92 Å². The Morgan fingerprint density at radius 3 is 1.45 bits per heavy atom. The lowest BCUT2D eigenvalue weighted by atomic mass is 9.90. The predicted octanol–water partition coefficient (Wildman–Crippen LogP) is 8.16. The zero-order valence-corrected chi connectivity index (χ0v) is 21.4. The summed E-state index contributed by atoms with van der Waals surface area (Å²) < 4.78 is 10.6. The van der Waals surface area contributed by atoms with Crippen LogP contribution in [0.4, 0.5) is 0 Å². The molecule has 0 saturated carbocycles. The van der Waals surface area contributed by atoms with Crippen molar-refractivity contribution in [3.05, 3.63) is 0 Å². The van der Waals surface area contributed by atoms with Crippen LogP contribution in [0.25, 0.3) is 0 Å². The highest BCUT2D eigenvalue weighted by Crippen LogP contribution is 2.22. The molecule has 0 aromatic heterocycles. The Hall–Kier alpha value is -1.06. The van der Waals surface area contributed by atoms with Crippen molar-refractivity contribution in [3.63, 3.8) is 0 Å². The summed E-state index contributed by atoms with van der Waals surface area (Å²) in [6, 6.07) is 0. The van der Waals surface area contributed by atoms with Gasteiger partial charge in [0.05, 0.1) is 19.4 Å². The molecule has 1 unspecified atom stereocenters. The standard InChI is InChI=1S/C27H52O4/c1-6-7-8-9-10-11-12-13-14-15-16-17-18-19-20-23-30-25(28)21-22-26(29)31-24(2)27(3,4)5/h24H,6-23H2,1-5H3. The fourth-order valence-electron chi connectivity index (χ4n) is 3.37. The lowest BCUT2D eigenvalue weighted by Gasteiger charge is -2.26. The molecule has 0 aromatic carbocycles. The molecule has 0 aliphatic rings. The van der Waals surface area contributed by atoms with E-state index in [1.165, 1.54) is 83.5 Å². The van der Waals surface area contributed by atoms with Crippen molar-refractivity contribution in [2.24, 2.45) is 5.41 Å². The van der Waals surface area contributed by atoms with Crippen LogP contribution in [0.1, 0.15) is 144 Å². The van der Waals surface area contributed by atoms with E-state index in [1.54, 1.807) is 0 Å². The largest absolute Gasteiger partial charge is 0.466 e. The highest BCUT2D eigenvalue weighted by atomic mass is 16.5. The van der Waals surface area contributed by atoms with Gasteiger partial charge in [0, 0.05) is 0 Å². The van der Waals surface area contributed by atoms with Gasteiger partial charge < -0.3 is 9.47 Å². The zero-order valence-electron chi connectivity index (χ0n) is 21.4. The molecule has 0 saturated heterocycles. The van der Waals surface area contributed by atoms with Crippen LogP contribution in [0, 0.1) is 5.41 Å². The Labute approximate surface area is 193 Å². The second-order valence-electron chi connectivity index (χ2n) is 10.2. The van der Waals surface area contributed by atoms with Gasteiger partial charge in [-0.3, -0.25) is 9.59 Å². The maximum atomic E-state index is 11.8. The fraction of sp³-hybridized carbons (Fsp3) is 0.926. The van der Waals surface area contributed by atoms with Crippen LogP contribution in [0.2, 0.25) is 0 Å². The minimum Gasteiger partial charge on any atom is -0.466 e.